The van der Waals surface area contributed by atoms with Crippen molar-refractivity contribution in [2.45, 2.75) is 6.54 Å². The fourth-order valence-electron chi connectivity index (χ4n) is 2.05. The van der Waals surface area contributed by atoms with Gasteiger partial charge in [-0.1, -0.05) is 18.2 Å². The fraction of sp³-hybridized carbons (Fsp3) is 0.267. The van der Waals surface area contributed by atoms with Crippen molar-refractivity contribution in [1.29, 1.82) is 0 Å². The van der Waals surface area contributed by atoms with Crippen LogP contribution in [0.1, 0.15) is 5.69 Å². The fourth-order valence-corrected chi connectivity index (χ4v) is 2.86. The van der Waals surface area contributed by atoms with Gasteiger partial charge in [0.05, 0.1) is 17.2 Å². The second kappa shape index (κ2) is 7.79. The molecule has 0 amide bonds. The van der Waals surface area contributed by atoms with E-state index in [0.29, 0.717) is 19.6 Å². The largest absolute Gasteiger partial charge is 0.395 e. The van der Waals surface area contributed by atoms with Gasteiger partial charge < -0.3 is 5.11 Å². The molecule has 0 aliphatic carbocycles. The number of non-ortho nitro benzene ring substituents is 1. The van der Waals surface area contributed by atoms with Crippen molar-refractivity contribution in [1.82, 2.24) is 9.88 Å². The Morgan fingerprint density at radius 1 is 1.50 bits per heavy atom. The number of benzene rings is 1. The average Bonchev–Trinajstić information content (AvgIpc) is 2.96. The van der Waals surface area contributed by atoms with E-state index in [0.717, 1.165) is 16.3 Å². The van der Waals surface area contributed by atoms with Gasteiger partial charge in [-0.2, -0.15) is 0 Å². The summed E-state index contributed by atoms with van der Waals surface area (Å²) >= 11 is 1.45. The molecule has 0 saturated carbocycles. The van der Waals surface area contributed by atoms with Crippen LogP contribution in [0, 0.1) is 10.1 Å². The van der Waals surface area contributed by atoms with Crippen LogP contribution >= 0.6 is 11.3 Å². The van der Waals surface area contributed by atoms with E-state index >= 15 is 0 Å². The number of hydrogen-bond donors (Lipinski definition) is 1. The quantitative estimate of drug-likeness (QED) is 0.460. The first-order chi connectivity index (χ1) is 10.6. The summed E-state index contributed by atoms with van der Waals surface area (Å²) < 4.78 is 0. The minimum absolute atomic E-state index is 0.0582. The molecule has 0 unspecified atom stereocenters. The Bertz CT molecular complexity index is 657. The molecule has 22 heavy (non-hydrogen) atoms. The lowest BCUT2D eigenvalue weighted by atomic mass is 10.2. The zero-order chi connectivity index (χ0) is 15.9. The summed E-state index contributed by atoms with van der Waals surface area (Å²) in [5.74, 6) is 0. The van der Waals surface area contributed by atoms with Crippen molar-refractivity contribution >= 4 is 17.0 Å². The smallest absolute Gasteiger partial charge is 0.270 e. The van der Waals surface area contributed by atoms with Crippen molar-refractivity contribution in [3.05, 3.63) is 58.1 Å². The molecule has 7 heteroatoms. The number of rotatable bonds is 8. The summed E-state index contributed by atoms with van der Waals surface area (Å²) in [4.78, 5) is 17.0. The SMILES string of the molecule is C=CCN(CCO)Cc1csc(-c2cccc([N+](=O)[O-])c2)n1. The summed E-state index contributed by atoms with van der Waals surface area (Å²) in [5, 5.41) is 22.6. The van der Waals surface area contributed by atoms with Gasteiger partial charge in [0.1, 0.15) is 5.01 Å². The predicted molar refractivity (Wildman–Crippen MR) is 86.8 cm³/mol. The van der Waals surface area contributed by atoms with Crippen LogP contribution in [0.15, 0.2) is 42.3 Å². The summed E-state index contributed by atoms with van der Waals surface area (Å²) in [6.07, 6.45) is 1.78. The molecule has 0 atom stereocenters. The van der Waals surface area contributed by atoms with Gasteiger partial charge in [0, 0.05) is 42.7 Å². The van der Waals surface area contributed by atoms with Crippen LogP contribution in [0.3, 0.4) is 0 Å². The predicted octanol–water partition coefficient (Wildman–Crippen LogP) is 2.70. The number of aliphatic hydroxyl groups excluding tert-OH is 1. The lowest BCUT2D eigenvalue weighted by Gasteiger charge is -2.17. The number of aliphatic hydroxyl groups is 1. The third-order valence-electron chi connectivity index (χ3n) is 3.04. The maximum atomic E-state index is 10.8. The number of nitrogens with zero attached hydrogens (tertiary/aromatic N) is 3. The normalized spacial score (nSPS) is 10.8. The molecule has 1 aromatic carbocycles. The van der Waals surface area contributed by atoms with E-state index in [2.05, 4.69) is 11.6 Å². The van der Waals surface area contributed by atoms with E-state index in [1.54, 1.807) is 12.1 Å². The van der Waals surface area contributed by atoms with Gasteiger partial charge in [0.25, 0.3) is 5.69 Å². The van der Waals surface area contributed by atoms with Gasteiger partial charge in [-0.15, -0.1) is 17.9 Å². The highest BCUT2D eigenvalue weighted by Gasteiger charge is 2.11. The van der Waals surface area contributed by atoms with Gasteiger partial charge in [-0.25, -0.2) is 4.98 Å². The van der Waals surface area contributed by atoms with Crippen molar-refractivity contribution in [3.8, 4) is 10.6 Å². The van der Waals surface area contributed by atoms with Crippen LogP contribution in [-0.4, -0.2) is 39.6 Å². The monoisotopic (exact) mass is 319 g/mol. The number of aromatic nitrogens is 1. The van der Waals surface area contributed by atoms with E-state index < -0.39 is 4.92 Å². The Hall–Kier alpha value is -2.09. The van der Waals surface area contributed by atoms with E-state index in [1.165, 1.54) is 23.5 Å². The number of hydrogen-bond acceptors (Lipinski definition) is 6. The van der Waals surface area contributed by atoms with E-state index in [4.69, 9.17) is 5.11 Å². The molecular weight excluding hydrogens is 302 g/mol. The van der Waals surface area contributed by atoms with Crippen LogP contribution in [-0.2, 0) is 6.54 Å². The van der Waals surface area contributed by atoms with Crippen LogP contribution in [0.4, 0.5) is 5.69 Å². The van der Waals surface area contributed by atoms with Crippen LogP contribution in [0.5, 0.6) is 0 Å². The van der Waals surface area contributed by atoms with E-state index in [9.17, 15) is 10.1 Å². The van der Waals surface area contributed by atoms with E-state index in [-0.39, 0.29) is 12.3 Å². The number of nitro groups is 1. The number of thiazole rings is 1. The molecule has 2 rings (SSSR count). The molecule has 116 valence electrons. The molecule has 0 fully saturated rings. The van der Waals surface area contributed by atoms with Crippen molar-refractivity contribution in [3.63, 3.8) is 0 Å². The van der Waals surface area contributed by atoms with Crippen LogP contribution < -0.4 is 0 Å². The summed E-state index contributed by atoms with van der Waals surface area (Å²) in [7, 11) is 0. The van der Waals surface area contributed by atoms with Crippen molar-refractivity contribution in [2.75, 3.05) is 19.7 Å². The van der Waals surface area contributed by atoms with Gasteiger partial charge in [-0.3, -0.25) is 15.0 Å². The first-order valence-corrected chi connectivity index (χ1v) is 7.65. The highest BCUT2D eigenvalue weighted by molar-refractivity contribution is 7.13. The lowest BCUT2D eigenvalue weighted by molar-refractivity contribution is -0.384. The minimum Gasteiger partial charge on any atom is -0.395 e. The molecule has 6 nitrogen and oxygen atoms in total. The highest BCUT2D eigenvalue weighted by atomic mass is 32.1. The molecule has 2 aromatic rings. The van der Waals surface area contributed by atoms with Crippen molar-refractivity contribution < 1.29 is 10.0 Å². The van der Waals surface area contributed by atoms with Crippen LogP contribution in [0.2, 0.25) is 0 Å². The van der Waals surface area contributed by atoms with Gasteiger partial charge >= 0.3 is 0 Å². The third kappa shape index (κ3) is 4.20. The second-order valence-electron chi connectivity index (χ2n) is 4.70. The zero-order valence-electron chi connectivity index (χ0n) is 12.0. The molecule has 0 aliphatic heterocycles. The van der Waals surface area contributed by atoms with Crippen molar-refractivity contribution in [2.24, 2.45) is 0 Å². The van der Waals surface area contributed by atoms with Gasteiger partial charge in [-0.05, 0) is 0 Å². The Morgan fingerprint density at radius 3 is 3.00 bits per heavy atom. The lowest BCUT2D eigenvalue weighted by Crippen LogP contribution is -2.26. The summed E-state index contributed by atoms with van der Waals surface area (Å²) in [6.45, 7) is 5.61. The summed E-state index contributed by atoms with van der Waals surface area (Å²) in [5.41, 5.74) is 1.67. The Kier molecular flexibility index (Phi) is 5.76. The molecular formula is C15H17N3O3S. The molecule has 0 radical (unpaired) electrons. The first kappa shape index (κ1) is 16.3. The average molecular weight is 319 g/mol. The Balaban J connectivity index is 2.15. The van der Waals surface area contributed by atoms with Gasteiger partial charge in [0.15, 0.2) is 0 Å². The maximum Gasteiger partial charge on any atom is 0.270 e. The first-order valence-electron chi connectivity index (χ1n) is 6.77. The minimum atomic E-state index is -0.412. The second-order valence-corrected chi connectivity index (χ2v) is 5.56. The molecule has 0 aliphatic rings. The third-order valence-corrected chi connectivity index (χ3v) is 3.98. The standard InChI is InChI=1S/C15H17N3O3S/c1-2-6-17(7-8-19)10-13-11-22-15(16-13)12-4-3-5-14(9-12)18(20)21/h2-5,9,11,19H,1,6-8,10H2. The zero-order valence-corrected chi connectivity index (χ0v) is 12.8. The Morgan fingerprint density at radius 2 is 2.32 bits per heavy atom. The highest BCUT2D eigenvalue weighted by Crippen LogP contribution is 2.27. The van der Waals surface area contributed by atoms with Crippen LogP contribution in [0.25, 0.3) is 10.6 Å². The topological polar surface area (TPSA) is 79.5 Å². The molecule has 1 aromatic heterocycles. The molecule has 1 N–H and O–H groups in total. The number of nitro benzene ring substituents is 1. The summed E-state index contributed by atoms with van der Waals surface area (Å²) in [6, 6.07) is 6.46. The Labute approximate surface area is 132 Å². The molecule has 0 saturated heterocycles. The molecule has 0 spiro atoms. The molecule has 0 bridgehead atoms. The maximum absolute atomic E-state index is 10.8. The van der Waals surface area contributed by atoms with E-state index in [1.807, 2.05) is 16.3 Å². The molecule has 1 heterocycles. The van der Waals surface area contributed by atoms with Gasteiger partial charge in [0.2, 0.25) is 0 Å².